The number of benzene rings is 2. The first kappa shape index (κ1) is 19.1. The number of fused-ring (bicyclic) bond motifs is 1. The van der Waals surface area contributed by atoms with Gasteiger partial charge in [0.2, 0.25) is 0 Å². The van der Waals surface area contributed by atoms with Crippen LogP contribution in [0.4, 0.5) is 0 Å². The van der Waals surface area contributed by atoms with Crippen molar-refractivity contribution in [3.05, 3.63) is 77.5 Å². The summed E-state index contributed by atoms with van der Waals surface area (Å²) >= 11 is 0. The third-order valence-electron chi connectivity index (χ3n) is 5.16. The van der Waals surface area contributed by atoms with Crippen molar-refractivity contribution in [1.82, 2.24) is 10.3 Å². The molecule has 0 bridgehead atoms. The second kappa shape index (κ2) is 8.43. The first-order chi connectivity index (χ1) is 14.2. The zero-order valence-corrected chi connectivity index (χ0v) is 16.4. The molecule has 1 N–H and O–H groups in total. The molecular weight excluding hydrogens is 364 g/mol. The van der Waals surface area contributed by atoms with E-state index in [9.17, 15) is 9.59 Å². The van der Waals surface area contributed by atoms with E-state index in [0.29, 0.717) is 18.1 Å². The fourth-order valence-corrected chi connectivity index (χ4v) is 3.53. The first-order valence-electron chi connectivity index (χ1n) is 10.1. The average molecular weight is 388 g/mol. The Hall–Kier alpha value is -3.21. The molecular formula is C24H24N2O3. The minimum absolute atomic E-state index is 0.0854. The summed E-state index contributed by atoms with van der Waals surface area (Å²) in [4.78, 5) is 30.1. The summed E-state index contributed by atoms with van der Waals surface area (Å²) in [7, 11) is 0. The van der Waals surface area contributed by atoms with Gasteiger partial charge in [-0.25, -0.2) is 0 Å². The standard InChI is InChI=1S/C24H24N2O3/c1-2-29-23(27)15-22(16-8-4-3-5-9-16)26-24(28)19-14-21(17-12-13-17)25-20-11-7-6-10-18(19)20/h3-11,14,17,22H,2,12-13,15H2,1H3,(H,26,28). The van der Waals surface area contributed by atoms with Gasteiger partial charge in [0.1, 0.15) is 0 Å². The molecule has 0 aliphatic heterocycles. The summed E-state index contributed by atoms with van der Waals surface area (Å²) in [6.07, 6.45) is 2.31. The van der Waals surface area contributed by atoms with Crippen molar-refractivity contribution in [1.29, 1.82) is 0 Å². The summed E-state index contributed by atoms with van der Waals surface area (Å²) in [5.41, 5.74) is 3.26. The number of nitrogens with one attached hydrogen (secondary N) is 1. The third-order valence-corrected chi connectivity index (χ3v) is 5.16. The molecule has 148 valence electrons. The number of para-hydroxylation sites is 1. The van der Waals surface area contributed by atoms with Crippen LogP contribution in [0.1, 0.15) is 59.8 Å². The van der Waals surface area contributed by atoms with E-state index in [4.69, 9.17) is 9.72 Å². The zero-order chi connectivity index (χ0) is 20.2. The molecule has 1 atom stereocenters. The third kappa shape index (κ3) is 4.45. The minimum Gasteiger partial charge on any atom is -0.466 e. The number of rotatable bonds is 7. The lowest BCUT2D eigenvalue weighted by molar-refractivity contribution is -0.143. The molecule has 5 nitrogen and oxygen atoms in total. The van der Waals surface area contributed by atoms with Gasteiger partial charge in [0.25, 0.3) is 5.91 Å². The molecule has 1 amide bonds. The van der Waals surface area contributed by atoms with E-state index in [0.717, 1.165) is 35.0 Å². The second-order valence-corrected chi connectivity index (χ2v) is 7.33. The molecule has 5 heteroatoms. The average Bonchev–Trinajstić information content (AvgIpc) is 3.58. The monoisotopic (exact) mass is 388 g/mol. The van der Waals surface area contributed by atoms with Crippen LogP contribution < -0.4 is 5.32 Å². The van der Waals surface area contributed by atoms with Crippen molar-refractivity contribution in [2.75, 3.05) is 6.61 Å². The van der Waals surface area contributed by atoms with E-state index in [-0.39, 0.29) is 18.3 Å². The molecule has 0 spiro atoms. The van der Waals surface area contributed by atoms with Gasteiger partial charge in [0, 0.05) is 17.0 Å². The first-order valence-corrected chi connectivity index (χ1v) is 10.1. The molecule has 1 aliphatic rings. The number of esters is 1. The van der Waals surface area contributed by atoms with Gasteiger partial charge >= 0.3 is 5.97 Å². The van der Waals surface area contributed by atoms with Gasteiger partial charge in [-0.1, -0.05) is 48.5 Å². The largest absolute Gasteiger partial charge is 0.466 e. The van der Waals surface area contributed by atoms with Gasteiger partial charge in [-0.05, 0) is 37.5 Å². The van der Waals surface area contributed by atoms with Crippen LogP contribution in [-0.4, -0.2) is 23.5 Å². The SMILES string of the molecule is CCOC(=O)CC(NC(=O)c1cc(C2CC2)nc2ccccc12)c1ccccc1. The van der Waals surface area contributed by atoms with E-state index < -0.39 is 6.04 Å². The van der Waals surface area contributed by atoms with Gasteiger partial charge < -0.3 is 10.1 Å². The molecule has 1 aliphatic carbocycles. The topological polar surface area (TPSA) is 68.3 Å². The number of hydrogen-bond acceptors (Lipinski definition) is 4. The highest BCUT2D eigenvalue weighted by Gasteiger charge is 2.28. The smallest absolute Gasteiger partial charge is 0.308 e. The fourth-order valence-electron chi connectivity index (χ4n) is 3.53. The number of nitrogens with zero attached hydrogens (tertiary/aromatic N) is 1. The molecule has 1 saturated carbocycles. The summed E-state index contributed by atoms with van der Waals surface area (Å²) < 4.78 is 5.11. The molecule has 4 rings (SSSR count). The van der Waals surface area contributed by atoms with Crippen LogP contribution >= 0.6 is 0 Å². The summed E-state index contributed by atoms with van der Waals surface area (Å²) in [6, 6.07) is 18.6. The Kier molecular flexibility index (Phi) is 5.56. The lowest BCUT2D eigenvalue weighted by Gasteiger charge is -2.19. The normalized spacial score (nSPS) is 14.4. The summed E-state index contributed by atoms with van der Waals surface area (Å²) in [5.74, 6) is -0.0980. The Bertz CT molecular complexity index is 1030. The van der Waals surface area contributed by atoms with E-state index in [2.05, 4.69) is 5.32 Å². The quantitative estimate of drug-likeness (QED) is 0.604. The van der Waals surface area contributed by atoms with Crippen molar-refractivity contribution in [2.45, 2.75) is 38.1 Å². The van der Waals surface area contributed by atoms with Gasteiger partial charge in [0.15, 0.2) is 0 Å². The molecule has 1 unspecified atom stereocenters. The Morgan fingerprint density at radius 3 is 2.55 bits per heavy atom. The van der Waals surface area contributed by atoms with Crippen LogP contribution in [0, 0.1) is 0 Å². The highest BCUT2D eigenvalue weighted by molar-refractivity contribution is 6.06. The molecule has 0 radical (unpaired) electrons. The lowest BCUT2D eigenvalue weighted by Crippen LogP contribution is -2.31. The molecule has 2 aromatic carbocycles. The van der Waals surface area contributed by atoms with E-state index >= 15 is 0 Å². The lowest BCUT2D eigenvalue weighted by atomic mass is 10.0. The molecule has 3 aromatic rings. The van der Waals surface area contributed by atoms with Crippen molar-refractivity contribution in [3.63, 3.8) is 0 Å². The van der Waals surface area contributed by atoms with Crippen LogP contribution in [0.2, 0.25) is 0 Å². The second-order valence-electron chi connectivity index (χ2n) is 7.33. The highest BCUT2D eigenvalue weighted by Crippen LogP contribution is 2.40. The zero-order valence-electron chi connectivity index (χ0n) is 16.4. The van der Waals surface area contributed by atoms with Gasteiger partial charge in [0.05, 0.1) is 30.1 Å². The maximum atomic E-state index is 13.3. The van der Waals surface area contributed by atoms with Crippen LogP contribution in [-0.2, 0) is 9.53 Å². The highest BCUT2D eigenvalue weighted by atomic mass is 16.5. The number of ether oxygens (including phenoxy) is 1. The van der Waals surface area contributed by atoms with Crippen LogP contribution in [0.25, 0.3) is 10.9 Å². The number of pyridine rings is 1. The Balaban J connectivity index is 1.66. The summed E-state index contributed by atoms with van der Waals surface area (Å²) in [5, 5.41) is 3.87. The predicted molar refractivity (Wildman–Crippen MR) is 112 cm³/mol. The number of aromatic nitrogens is 1. The van der Waals surface area contributed by atoms with Gasteiger partial charge in [-0.15, -0.1) is 0 Å². The number of carbonyl (C=O) groups is 2. The van der Waals surface area contributed by atoms with Gasteiger partial charge in [-0.3, -0.25) is 14.6 Å². The van der Waals surface area contributed by atoms with Crippen LogP contribution in [0.3, 0.4) is 0 Å². The Labute approximate surface area is 170 Å². The fraction of sp³-hybridized carbons (Fsp3) is 0.292. The van der Waals surface area contributed by atoms with Gasteiger partial charge in [-0.2, -0.15) is 0 Å². The number of hydrogen-bond donors (Lipinski definition) is 1. The minimum atomic E-state index is -0.459. The van der Waals surface area contributed by atoms with E-state index in [1.807, 2.05) is 60.7 Å². The molecule has 1 heterocycles. The molecule has 0 saturated heterocycles. The van der Waals surface area contributed by atoms with Crippen molar-refractivity contribution in [3.8, 4) is 0 Å². The van der Waals surface area contributed by atoms with E-state index in [1.165, 1.54) is 0 Å². The van der Waals surface area contributed by atoms with E-state index in [1.54, 1.807) is 6.92 Å². The maximum absolute atomic E-state index is 13.3. The van der Waals surface area contributed by atoms with Crippen LogP contribution in [0.5, 0.6) is 0 Å². The number of amides is 1. The predicted octanol–water partition coefficient (Wildman–Crippen LogP) is 4.54. The summed E-state index contributed by atoms with van der Waals surface area (Å²) in [6.45, 7) is 2.09. The number of carbonyl (C=O) groups excluding carboxylic acids is 2. The molecule has 29 heavy (non-hydrogen) atoms. The van der Waals surface area contributed by atoms with Crippen molar-refractivity contribution in [2.24, 2.45) is 0 Å². The maximum Gasteiger partial charge on any atom is 0.308 e. The molecule has 1 fully saturated rings. The Morgan fingerprint density at radius 2 is 1.83 bits per heavy atom. The Morgan fingerprint density at radius 1 is 1.10 bits per heavy atom. The van der Waals surface area contributed by atoms with Crippen molar-refractivity contribution < 1.29 is 14.3 Å². The van der Waals surface area contributed by atoms with Crippen LogP contribution in [0.15, 0.2) is 60.7 Å². The molecule has 1 aromatic heterocycles. The van der Waals surface area contributed by atoms with Crippen molar-refractivity contribution >= 4 is 22.8 Å².